The molecule has 0 aromatic rings. The number of hydrogen-bond acceptors (Lipinski definition) is 4. The summed E-state index contributed by atoms with van der Waals surface area (Å²) in [6.07, 6.45) is 1.02. The van der Waals surface area contributed by atoms with Gasteiger partial charge in [-0.2, -0.15) is 0 Å². The zero-order valence-corrected chi connectivity index (χ0v) is 9.57. The van der Waals surface area contributed by atoms with Gasteiger partial charge in [-0.3, -0.25) is 4.79 Å². The van der Waals surface area contributed by atoms with Crippen molar-refractivity contribution in [2.24, 2.45) is 0 Å². The molecule has 0 aliphatic heterocycles. The van der Waals surface area contributed by atoms with E-state index in [2.05, 4.69) is 0 Å². The van der Waals surface area contributed by atoms with Gasteiger partial charge < -0.3 is 19.7 Å². The van der Waals surface area contributed by atoms with Crippen molar-refractivity contribution in [3.63, 3.8) is 0 Å². The summed E-state index contributed by atoms with van der Waals surface area (Å²) < 4.78 is 9.88. The van der Waals surface area contributed by atoms with Crippen molar-refractivity contribution < 1.29 is 24.5 Å². The maximum absolute atomic E-state index is 9.60. The van der Waals surface area contributed by atoms with Crippen LogP contribution in [0.4, 0.5) is 0 Å². The zero-order chi connectivity index (χ0) is 11.9. The topological polar surface area (TPSA) is 76.0 Å². The van der Waals surface area contributed by atoms with Crippen LogP contribution in [0.25, 0.3) is 0 Å². The van der Waals surface area contributed by atoms with Crippen LogP contribution in [0, 0.1) is 0 Å². The molecule has 0 aromatic carbocycles. The smallest absolute Gasteiger partial charge is 0.303 e. The van der Waals surface area contributed by atoms with Crippen molar-refractivity contribution in [2.75, 3.05) is 33.0 Å². The molecule has 0 spiro atoms. The van der Waals surface area contributed by atoms with Crippen LogP contribution in [0.15, 0.2) is 0 Å². The predicted octanol–water partition coefficient (Wildman–Crippen LogP) is 0.903. The summed E-state index contributed by atoms with van der Waals surface area (Å²) in [6.45, 7) is 6.20. The highest BCUT2D eigenvalue weighted by Crippen LogP contribution is 1.82. The van der Waals surface area contributed by atoms with Gasteiger partial charge in [0.2, 0.25) is 0 Å². The lowest BCUT2D eigenvalue weighted by atomic mass is 10.4. The molecule has 0 atom stereocenters. The molecule has 0 aromatic heterocycles. The summed E-state index contributed by atoms with van der Waals surface area (Å²) in [6, 6.07) is 0. The van der Waals surface area contributed by atoms with Crippen molar-refractivity contribution >= 4 is 5.97 Å². The second-order valence-corrected chi connectivity index (χ2v) is 2.68. The summed E-state index contributed by atoms with van der Waals surface area (Å²) in [5, 5.41) is 16.2. The summed E-state index contributed by atoms with van der Waals surface area (Å²) >= 11 is 0. The molecule has 15 heavy (non-hydrogen) atoms. The Hall–Kier alpha value is -0.650. The Balaban J connectivity index is 0. The average Bonchev–Trinajstić information content (AvgIpc) is 2.18. The number of hydrogen-bond donors (Lipinski definition) is 2. The van der Waals surface area contributed by atoms with Crippen molar-refractivity contribution in [1.29, 1.82) is 0 Å². The van der Waals surface area contributed by atoms with Gasteiger partial charge in [-0.05, 0) is 13.3 Å². The van der Waals surface area contributed by atoms with Crippen LogP contribution in [0.2, 0.25) is 0 Å². The van der Waals surface area contributed by atoms with Gasteiger partial charge in [-0.1, -0.05) is 6.92 Å². The molecule has 0 aliphatic rings. The van der Waals surface area contributed by atoms with Gasteiger partial charge in [0.05, 0.1) is 26.4 Å². The van der Waals surface area contributed by atoms with Crippen LogP contribution < -0.4 is 0 Å². The van der Waals surface area contributed by atoms with Gasteiger partial charge in [0.25, 0.3) is 0 Å². The Morgan fingerprint density at radius 2 is 1.73 bits per heavy atom. The van der Waals surface area contributed by atoms with Crippen LogP contribution in [0.5, 0.6) is 0 Å². The molecule has 0 amide bonds. The molecule has 2 N–H and O–H groups in total. The lowest BCUT2D eigenvalue weighted by Gasteiger charge is -2.00. The lowest BCUT2D eigenvalue weighted by molar-refractivity contribution is -0.137. The first kappa shape index (κ1) is 16.8. The van der Waals surface area contributed by atoms with E-state index < -0.39 is 5.97 Å². The third-order valence-corrected chi connectivity index (χ3v) is 1.28. The lowest BCUT2D eigenvalue weighted by Crippen LogP contribution is -2.06. The molecule has 0 unspecified atom stereocenters. The minimum Gasteiger partial charge on any atom is -0.481 e. The number of carboxylic acids is 1. The van der Waals surface area contributed by atoms with Gasteiger partial charge in [-0.25, -0.2) is 0 Å². The highest BCUT2D eigenvalue weighted by Gasteiger charge is 1.87. The molecule has 0 radical (unpaired) electrons. The first-order valence-corrected chi connectivity index (χ1v) is 5.17. The van der Waals surface area contributed by atoms with Crippen LogP contribution in [-0.2, 0) is 14.3 Å². The highest BCUT2D eigenvalue weighted by atomic mass is 16.5. The minimum atomic E-state index is -0.711. The molecule has 0 saturated carbocycles. The van der Waals surface area contributed by atoms with Gasteiger partial charge in [0.15, 0.2) is 0 Å². The van der Waals surface area contributed by atoms with E-state index >= 15 is 0 Å². The third-order valence-electron chi connectivity index (χ3n) is 1.28. The van der Waals surface area contributed by atoms with Crippen LogP contribution in [0.3, 0.4) is 0 Å². The Bertz CT molecular complexity index is 121. The van der Waals surface area contributed by atoms with E-state index in [9.17, 15) is 4.79 Å². The number of carboxylic acid groups (broad SMARTS) is 1. The Morgan fingerprint density at radius 1 is 1.13 bits per heavy atom. The quantitative estimate of drug-likeness (QED) is 0.597. The second kappa shape index (κ2) is 15.8. The maximum atomic E-state index is 9.60. The van der Waals surface area contributed by atoms with Crippen LogP contribution in [-0.4, -0.2) is 49.2 Å². The van der Waals surface area contributed by atoms with Gasteiger partial charge in [0, 0.05) is 13.0 Å². The molecule has 92 valence electrons. The molecule has 0 aliphatic carbocycles. The SMILES string of the molecule is CCCC(=O)O.CCOCCOCCO. The maximum Gasteiger partial charge on any atom is 0.303 e. The molecule has 5 nitrogen and oxygen atoms in total. The Morgan fingerprint density at radius 3 is 2.07 bits per heavy atom. The van der Waals surface area contributed by atoms with Crippen molar-refractivity contribution in [3.05, 3.63) is 0 Å². The minimum absolute atomic E-state index is 0.0894. The van der Waals surface area contributed by atoms with E-state index in [1.165, 1.54) is 0 Å². The van der Waals surface area contributed by atoms with Crippen molar-refractivity contribution in [3.8, 4) is 0 Å². The number of carbonyl (C=O) groups is 1. The van der Waals surface area contributed by atoms with E-state index in [-0.39, 0.29) is 6.61 Å². The molecular formula is C10H22O5. The third kappa shape index (κ3) is 24.7. The molecule has 0 heterocycles. The van der Waals surface area contributed by atoms with Crippen LogP contribution in [0.1, 0.15) is 26.7 Å². The molecule has 0 rings (SSSR count). The van der Waals surface area contributed by atoms with Gasteiger partial charge in [0.1, 0.15) is 0 Å². The predicted molar refractivity (Wildman–Crippen MR) is 56.9 cm³/mol. The fraction of sp³-hybridized carbons (Fsp3) is 0.900. The molecule has 5 heteroatoms. The highest BCUT2D eigenvalue weighted by molar-refractivity contribution is 5.66. The van der Waals surface area contributed by atoms with Crippen LogP contribution >= 0.6 is 0 Å². The summed E-state index contributed by atoms with van der Waals surface area (Å²) in [5.41, 5.74) is 0. The van der Waals surface area contributed by atoms with Gasteiger partial charge >= 0.3 is 5.97 Å². The van der Waals surface area contributed by atoms with Gasteiger partial charge in [-0.15, -0.1) is 0 Å². The standard InChI is InChI=1S/C6H14O3.C4H8O2/c1-2-8-5-6-9-4-3-7;1-2-3-4(5)6/h7H,2-6H2,1H3;2-3H2,1H3,(H,5,6). The average molecular weight is 222 g/mol. The molecule has 0 fully saturated rings. The first-order valence-electron chi connectivity index (χ1n) is 5.17. The van der Waals surface area contributed by atoms with E-state index in [0.717, 1.165) is 13.0 Å². The summed E-state index contributed by atoms with van der Waals surface area (Å²) in [5.74, 6) is -0.711. The first-order chi connectivity index (χ1) is 7.18. The Labute approximate surface area is 91.0 Å². The number of aliphatic carboxylic acids is 1. The number of aliphatic hydroxyl groups is 1. The van der Waals surface area contributed by atoms with E-state index in [4.69, 9.17) is 19.7 Å². The van der Waals surface area contributed by atoms with E-state index in [1.54, 1.807) is 0 Å². The Kier molecular flexibility index (Phi) is 17.7. The van der Waals surface area contributed by atoms with E-state index in [1.807, 2.05) is 13.8 Å². The summed E-state index contributed by atoms with van der Waals surface area (Å²) in [7, 11) is 0. The second-order valence-electron chi connectivity index (χ2n) is 2.68. The number of rotatable bonds is 8. The van der Waals surface area contributed by atoms with Crippen molar-refractivity contribution in [2.45, 2.75) is 26.7 Å². The largest absolute Gasteiger partial charge is 0.481 e. The van der Waals surface area contributed by atoms with E-state index in [0.29, 0.717) is 26.2 Å². The fourth-order valence-corrected chi connectivity index (χ4v) is 0.643. The number of ether oxygens (including phenoxy) is 2. The zero-order valence-electron chi connectivity index (χ0n) is 9.57. The van der Waals surface area contributed by atoms with Crippen molar-refractivity contribution in [1.82, 2.24) is 0 Å². The normalized spacial score (nSPS) is 9.27. The molecular weight excluding hydrogens is 200 g/mol. The summed E-state index contributed by atoms with van der Waals surface area (Å²) in [4.78, 5) is 9.60. The molecule has 0 bridgehead atoms. The fourth-order valence-electron chi connectivity index (χ4n) is 0.643. The molecule has 0 saturated heterocycles. The monoisotopic (exact) mass is 222 g/mol. The number of aliphatic hydroxyl groups excluding tert-OH is 1.